The van der Waals surface area contributed by atoms with Crippen LogP contribution in [0.4, 0.5) is 0 Å². The second-order valence-electron chi connectivity index (χ2n) is 5.23. The van der Waals surface area contributed by atoms with Crippen LogP contribution in [-0.2, 0) is 12.8 Å². The summed E-state index contributed by atoms with van der Waals surface area (Å²) in [5, 5.41) is 0. The number of nitrogens with two attached hydrogens (primary N) is 1. The lowest BCUT2D eigenvalue weighted by molar-refractivity contribution is 0.650. The summed E-state index contributed by atoms with van der Waals surface area (Å²) in [5.74, 6) is 0. The topological polar surface area (TPSA) is 26.0 Å². The van der Waals surface area contributed by atoms with E-state index in [1.54, 1.807) is 0 Å². The molecule has 0 fully saturated rings. The van der Waals surface area contributed by atoms with Crippen molar-refractivity contribution in [3.8, 4) is 0 Å². The number of hydrogen-bond acceptors (Lipinski definition) is 1. The number of rotatable bonds is 5. The molecule has 2 rings (SSSR count). The molecule has 1 nitrogen and oxygen atoms in total. The van der Waals surface area contributed by atoms with Crippen LogP contribution in [0.25, 0.3) is 0 Å². The average Bonchev–Trinajstić information content (AvgIpc) is 2.45. The van der Waals surface area contributed by atoms with Crippen molar-refractivity contribution in [1.82, 2.24) is 0 Å². The Hall–Kier alpha value is -1.60. The van der Waals surface area contributed by atoms with Crippen LogP contribution in [0.15, 0.2) is 48.5 Å². The molecule has 2 N–H and O–H groups in total. The Kier molecular flexibility index (Phi) is 4.75. The van der Waals surface area contributed by atoms with E-state index in [4.69, 9.17) is 5.73 Å². The molecule has 2 aromatic carbocycles. The summed E-state index contributed by atoms with van der Waals surface area (Å²) in [5.41, 5.74) is 11.6. The maximum absolute atomic E-state index is 6.30. The quantitative estimate of drug-likeness (QED) is 0.849. The summed E-state index contributed by atoms with van der Waals surface area (Å²) >= 11 is 0. The summed E-state index contributed by atoms with van der Waals surface area (Å²) in [7, 11) is 0. The molecule has 0 aliphatic heterocycles. The largest absolute Gasteiger partial charge is 0.324 e. The van der Waals surface area contributed by atoms with Gasteiger partial charge in [0, 0.05) is 6.04 Å². The van der Waals surface area contributed by atoms with Gasteiger partial charge in [-0.3, -0.25) is 0 Å². The molecule has 0 spiro atoms. The lowest BCUT2D eigenvalue weighted by atomic mass is 9.97. The van der Waals surface area contributed by atoms with Crippen LogP contribution < -0.4 is 5.73 Å². The molecule has 1 unspecified atom stereocenters. The molecule has 19 heavy (non-hydrogen) atoms. The molecule has 0 amide bonds. The van der Waals surface area contributed by atoms with Crippen LogP contribution in [0.5, 0.6) is 0 Å². The van der Waals surface area contributed by atoms with E-state index in [9.17, 15) is 0 Å². The second-order valence-corrected chi connectivity index (χ2v) is 5.23. The Balaban J connectivity index is 1.99. The Labute approximate surface area is 116 Å². The highest BCUT2D eigenvalue weighted by molar-refractivity contribution is 5.27. The van der Waals surface area contributed by atoms with Crippen LogP contribution in [0.1, 0.15) is 41.6 Å². The Morgan fingerprint density at radius 1 is 1.00 bits per heavy atom. The molecule has 0 saturated heterocycles. The molecule has 1 atom stereocenters. The molecule has 0 heterocycles. The van der Waals surface area contributed by atoms with Crippen molar-refractivity contribution < 1.29 is 0 Å². The summed E-state index contributed by atoms with van der Waals surface area (Å²) in [6.45, 7) is 4.31. The van der Waals surface area contributed by atoms with Gasteiger partial charge >= 0.3 is 0 Å². The number of aryl methyl sites for hydroxylation is 3. The van der Waals surface area contributed by atoms with Crippen LogP contribution in [0.3, 0.4) is 0 Å². The maximum Gasteiger partial charge on any atom is 0.0298 e. The van der Waals surface area contributed by atoms with Crippen LogP contribution >= 0.6 is 0 Å². The van der Waals surface area contributed by atoms with Gasteiger partial charge in [-0.05, 0) is 42.9 Å². The lowest BCUT2D eigenvalue weighted by Gasteiger charge is -2.13. The molecule has 0 radical (unpaired) electrons. The monoisotopic (exact) mass is 253 g/mol. The standard InChI is InChI=1S/C18H23N/c1-3-15-7-5-9-17(13-15)18(19)11-10-16-8-4-6-14(2)12-16/h4-9,12-13,18H,3,10-11,19H2,1-2H3. The van der Waals surface area contributed by atoms with E-state index in [-0.39, 0.29) is 6.04 Å². The van der Waals surface area contributed by atoms with E-state index < -0.39 is 0 Å². The first-order chi connectivity index (χ1) is 9.19. The van der Waals surface area contributed by atoms with Crippen LogP contribution in [0.2, 0.25) is 0 Å². The zero-order valence-corrected chi connectivity index (χ0v) is 11.9. The molecule has 0 aliphatic rings. The van der Waals surface area contributed by atoms with E-state index >= 15 is 0 Å². The molecule has 2 aromatic rings. The highest BCUT2D eigenvalue weighted by Gasteiger charge is 2.06. The van der Waals surface area contributed by atoms with Crippen molar-refractivity contribution in [3.05, 3.63) is 70.8 Å². The van der Waals surface area contributed by atoms with Crippen molar-refractivity contribution in [2.24, 2.45) is 5.73 Å². The third-order valence-corrected chi connectivity index (χ3v) is 3.61. The molecule has 0 aromatic heterocycles. The minimum absolute atomic E-state index is 0.131. The van der Waals surface area contributed by atoms with E-state index in [1.807, 2.05) is 0 Å². The molecule has 0 aliphatic carbocycles. The normalized spacial score (nSPS) is 12.4. The van der Waals surface area contributed by atoms with Crippen molar-refractivity contribution in [2.75, 3.05) is 0 Å². The van der Waals surface area contributed by atoms with E-state index in [0.717, 1.165) is 19.3 Å². The molecule has 0 bridgehead atoms. The fourth-order valence-electron chi connectivity index (χ4n) is 2.40. The first-order valence-electron chi connectivity index (χ1n) is 7.09. The van der Waals surface area contributed by atoms with Crippen molar-refractivity contribution in [3.63, 3.8) is 0 Å². The highest BCUT2D eigenvalue weighted by atomic mass is 14.6. The summed E-state index contributed by atoms with van der Waals surface area (Å²) in [6.07, 6.45) is 3.11. The summed E-state index contributed by atoms with van der Waals surface area (Å²) in [6, 6.07) is 17.5. The predicted molar refractivity (Wildman–Crippen MR) is 82.2 cm³/mol. The fourth-order valence-corrected chi connectivity index (χ4v) is 2.40. The van der Waals surface area contributed by atoms with Gasteiger partial charge in [-0.1, -0.05) is 61.0 Å². The van der Waals surface area contributed by atoms with E-state index in [0.29, 0.717) is 0 Å². The van der Waals surface area contributed by atoms with Crippen molar-refractivity contribution in [2.45, 2.75) is 39.2 Å². The Bertz CT molecular complexity index is 531. The molecular formula is C18H23N. The smallest absolute Gasteiger partial charge is 0.0298 e. The highest BCUT2D eigenvalue weighted by Crippen LogP contribution is 2.18. The summed E-state index contributed by atoms with van der Waals surface area (Å²) < 4.78 is 0. The fraction of sp³-hybridized carbons (Fsp3) is 0.333. The summed E-state index contributed by atoms with van der Waals surface area (Å²) in [4.78, 5) is 0. The zero-order valence-electron chi connectivity index (χ0n) is 11.9. The zero-order chi connectivity index (χ0) is 13.7. The molecule has 100 valence electrons. The number of benzene rings is 2. The minimum atomic E-state index is 0.131. The Morgan fingerprint density at radius 3 is 2.47 bits per heavy atom. The van der Waals surface area contributed by atoms with Gasteiger partial charge in [-0.2, -0.15) is 0 Å². The van der Waals surface area contributed by atoms with E-state index in [1.165, 1.54) is 22.3 Å². The maximum atomic E-state index is 6.30. The van der Waals surface area contributed by atoms with Gasteiger partial charge in [0.25, 0.3) is 0 Å². The lowest BCUT2D eigenvalue weighted by Crippen LogP contribution is -2.11. The van der Waals surface area contributed by atoms with E-state index in [2.05, 4.69) is 62.4 Å². The first-order valence-corrected chi connectivity index (χ1v) is 7.09. The molecule has 0 saturated carbocycles. The van der Waals surface area contributed by atoms with Crippen molar-refractivity contribution >= 4 is 0 Å². The van der Waals surface area contributed by atoms with Crippen LogP contribution in [0, 0.1) is 6.92 Å². The van der Waals surface area contributed by atoms with Gasteiger partial charge in [0.15, 0.2) is 0 Å². The number of hydrogen-bond donors (Lipinski definition) is 1. The predicted octanol–water partition coefficient (Wildman–Crippen LogP) is 4.19. The third-order valence-electron chi connectivity index (χ3n) is 3.61. The van der Waals surface area contributed by atoms with Crippen molar-refractivity contribution in [1.29, 1.82) is 0 Å². The third kappa shape index (κ3) is 3.93. The average molecular weight is 253 g/mol. The SMILES string of the molecule is CCc1cccc(C(N)CCc2cccc(C)c2)c1. The van der Waals surface area contributed by atoms with Gasteiger partial charge in [-0.15, -0.1) is 0 Å². The first kappa shape index (κ1) is 13.8. The van der Waals surface area contributed by atoms with Crippen LogP contribution in [-0.4, -0.2) is 0 Å². The van der Waals surface area contributed by atoms with Gasteiger partial charge in [0.1, 0.15) is 0 Å². The second kappa shape index (κ2) is 6.53. The van der Waals surface area contributed by atoms with Gasteiger partial charge in [-0.25, -0.2) is 0 Å². The molecular weight excluding hydrogens is 230 g/mol. The Morgan fingerprint density at radius 2 is 1.74 bits per heavy atom. The van der Waals surface area contributed by atoms with Gasteiger partial charge in [0.05, 0.1) is 0 Å². The molecule has 1 heteroatoms. The minimum Gasteiger partial charge on any atom is -0.324 e. The van der Waals surface area contributed by atoms with Gasteiger partial charge < -0.3 is 5.73 Å². The van der Waals surface area contributed by atoms with Gasteiger partial charge in [0.2, 0.25) is 0 Å².